The van der Waals surface area contributed by atoms with E-state index in [0.717, 1.165) is 5.56 Å². The molecule has 4 rings (SSSR count). The number of aryl methyl sites for hydroxylation is 1. The molecule has 1 amide bonds. The van der Waals surface area contributed by atoms with E-state index in [4.69, 9.17) is 14.2 Å². The van der Waals surface area contributed by atoms with E-state index in [1.54, 1.807) is 24.3 Å². The summed E-state index contributed by atoms with van der Waals surface area (Å²) in [6.45, 7) is 1.98. The van der Waals surface area contributed by atoms with Crippen LogP contribution < -0.4 is 19.5 Å². The number of carbonyl (C=O) groups excluding carboxylic acids is 1. The number of hydrogen-bond donors (Lipinski definition) is 1. The minimum absolute atomic E-state index is 0.00208. The van der Waals surface area contributed by atoms with Gasteiger partial charge in [-0.2, -0.15) is 0 Å². The number of nitrogens with zero attached hydrogens (tertiary/aromatic N) is 1. The van der Waals surface area contributed by atoms with Crippen LogP contribution in [0.2, 0.25) is 0 Å². The van der Waals surface area contributed by atoms with E-state index >= 15 is 0 Å². The van der Waals surface area contributed by atoms with Crippen LogP contribution in [0.25, 0.3) is 6.08 Å². The number of nitrogens with one attached hydrogen (secondary N) is 1. The van der Waals surface area contributed by atoms with Gasteiger partial charge in [-0.05, 0) is 43.3 Å². The van der Waals surface area contributed by atoms with E-state index in [1.807, 2.05) is 31.2 Å². The van der Waals surface area contributed by atoms with Crippen molar-refractivity contribution in [1.29, 1.82) is 0 Å². The second-order valence-corrected chi connectivity index (χ2v) is 6.76. The van der Waals surface area contributed by atoms with Crippen LogP contribution in [0.1, 0.15) is 11.1 Å². The number of nitro groups is 1. The summed E-state index contributed by atoms with van der Waals surface area (Å²) >= 11 is 0. The summed E-state index contributed by atoms with van der Waals surface area (Å²) in [5, 5.41) is 14.1. The minimum Gasteiger partial charge on any atom is -0.455 e. The maximum atomic E-state index is 12.5. The quantitative estimate of drug-likeness (QED) is 0.341. The summed E-state index contributed by atoms with van der Waals surface area (Å²) in [6.07, 6.45) is 2.58. The fourth-order valence-corrected chi connectivity index (χ4v) is 2.97. The van der Waals surface area contributed by atoms with Gasteiger partial charge in [0.1, 0.15) is 5.75 Å². The van der Waals surface area contributed by atoms with Gasteiger partial charge in [0, 0.05) is 6.08 Å². The predicted molar refractivity (Wildman–Crippen MR) is 115 cm³/mol. The van der Waals surface area contributed by atoms with Crippen LogP contribution in [-0.2, 0) is 4.79 Å². The third-order valence-corrected chi connectivity index (χ3v) is 4.53. The summed E-state index contributed by atoms with van der Waals surface area (Å²) < 4.78 is 16.3. The van der Waals surface area contributed by atoms with Crippen molar-refractivity contribution in [2.45, 2.75) is 6.92 Å². The molecule has 3 aromatic carbocycles. The number of nitro benzene ring substituents is 1. The van der Waals surface area contributed by atoms with Gasteiger partial charge in [-0.15, -0.1) is 0 Å². The Morgan fingerprint density at radius 3 is 2.55 bits per heavy atom. The van der Waals surface area contributed by atoms with Crippen LogP contribution in [0.4, 0.5) is 11.4 Å². The molecule has 0 bridgehead atoms. The maximum Gasteiger partial charge on any atom is 0.280 e. The van der Waals surface area contributed by atoms with E-state index in [9.17, 15) is 14.9 Å². The zero-order valence-electron chi connectivity index (χ0n) is 16.5. The molecule has 0 radical (unpaired) electrons. The number of carbonyl (C=O) groups is 1. The number of fused-ring (bicyclic) bond motifs is 1. The van der Waals surface area contributed by atoms with Gasteiger partial charge in [0.2, 0.25) is 12.7 Å². The minimum atomic E-state index is -0.537. The van der Waals surface area contributed by atoms with Gasteiger partial charge in [0.05, 0.1) is 22.2 Å². The van der Waals surface area contributed by atoms with Crippen molar-refractivity contribution in [1.82, 2.24) is 0 Å². The van der Waals surface area contributed by atoms with Gasteiger partial charge in [-0.25, -0.2) is 0 Å². The molecule has 0 spiro atoms. The molecule has 0 saturated heterocycles. The van der Waals surface area contributed by atoms with Crippen LogP contribution in [0.5, 0.6) is 23.0 Å². The number of para-hydroxylation sites is 2. The molecular weight excluding hydrogens is 400 g/mol. The van der Waals surface area contributed by atoms with Crippen LogP contribution in [0, 0.1) is 17.0 Å². The number of amides is 1. The Bertz CT molecular complexity index is 1170. The second kappa shape index (κ2) is 8.58. The largest absolute Gasteiger partial charge is 0.455 e. The van der Waals surface area contributed by atoms with Crippen molar-refractivity contribution in [2.24, 2.45) is 0 Å². The highest BCUT2D eigenvalue weighted by Crippen LogP contribution is 2.38. The molecule has 0 saturated carbocycles. The van der Waals surface area contributed by atoms with Crippen molar-refractivity contribution in [2.75, 3.05) is 12.1 Å². The highest BCUT2D eigenvalue weighted by molar-refractivity contribution is 6.03. The first-order valence-corrected chi connectivity index (χ1v) is 9.40. The molecule has 31 heavy (non-hydrogen) atoms. The van der Waals surface area contributed by atoms with Crippen LogP contribution >= 0.6 is 0 Å². The van der Waals surface area contributed by atoms with E-state index in [2.05, 4.69) is 5.32 Å². The van der Waals surface area contributed by atoms with Gasteiger partial charge < -0.3 is 19.5 Å². The molecule has 0 unspecified atom stereocenters. The molecule has 156 valence electrons. The number of benzene rings is 3. The zero-order chi connectivity index (χ0) is 21.8. The Balaban J connectivity index is 1.52. The summed E-state index contributed by atoms with van der Waals surface area (Å²) in [6, 6.07) is 17.3. The number of rotatable bonds is 6. The van der Waals surface area contributed by atoms with Gasteiger partial charge in [-0.1, -0.05) is 29.8 Å². The predicted octanol–water partition coefficient (Wildman–Crippen LogP) is 5.08. The molecule has 0 atom stereocenters. The molecule has 8 nitrogen and oxygen atoms in total. The number of ether oxygens (including phenoxy) is 3. The highest BCUT2D eigenvalue weighted by atomic mass is 16.7. The second-order valence-electron chi connectivity index (χ2n) is 6.76. The summed E-state index contributed by atoms with van der Waals surface area (Å²) in [4.78, 5) is 23.3. The molecular formula is C23H18N2O6. The Morgan fingerprint density at radius 2 is 1.81 bits per heavy atom. The molecule has 8 heteroatoms. The van der Waals surface area contributed by atoms with E-state index in [-0.39, 0.29) is 18.0 Å². The van der Waals surface area contributed by atoms with E-state index in [0.29, 0.717) is 28.7 Å². The van der Waals surface area contributed by atoms with Crippen molar-refractivity contribution in [3.63, 3.8) is 0 Å². The highest BCUT2D eigenvalue weighted by Gasteiger charge is 2.22. The van der Waals surface area contributed by atoms with Crippen LogP contribution in [0.15, 0.2) is 66.7 Å². The zero-order valence-corrected chi connectivity index (χ0v) is 16.5. The number of hydrogen-bond acceptors (Lipinski definition) is 6. The Hall–Kier alpha value is -4.33. The first-order chi connectivity index (χ1) is 15.0. The summed E-state index contributed by atoms with van der Waals surface area (Å²) in [5.41, 5.74) is 1.62. The average Bonchev–Trinajstić information content (AvgIpc) is 3.22. The SMILES string of the molecule is Cc1ccc(Oc2ccccc2NC(=O)/C=C/c2cc3c(cc2[N+](=O)[O-])OCO3)cc1. The third-order valence-electron chi connectivity index (χ3n) is 4.53. The van der Waals surface area contributed by atoms with Crippen molar-refractivity contribution in [3.05, 3.63) is 88.0 Å². The third kappa shape index (κ3) is 4.64. The van der Waals surface area contributed by atoms with Gasteiger partial charge in [0.25, 0.3) is 5.69 Å². The van der Waals surface area contributed by atoms with Crippen molar-refractivity contribution in [3.8, 4) is 23.0 Å². The monoisotopic (exact) mass is 418 g/mol. The Labute approximate surface area is 177 Å². The lowest BCUT2D eigenvalue weighted by molar-refractivity contribution is -0.385. The maximum absolute atomic E-state index is 12.5. The lowest BCUT2D eigenvalue weighted by Crippen LogP contribution is -2.08. The summed E-state index contributed by atoms with van der Waals surface area (Å²) in [5.74, 6) is 1.34. The molecule has 1 aliphatic heterocycles. The standard InChI is InChI=1S/C23H18N2O6/c1-15-6-9-17(10-7-15)31-20-5-3-2-4-18(20)24-23(26)11-8-16-12-21-22(30-14-29-21)13-19(16)25(27)28/h2-13H,14H2,1H3,(H,24,26)/b11-8+. The first kappa shape index (κ1) is 20.0. The normalized spacial score (nSPS) is 12.0. The summed E-state index contributed by atoms with van der Waals surface area (Å²) in [7, 11) is 0. The average molecular weight is 418 g/mol. The van der Waals surface area contributed by atoms with Crippen molar-refractivity contribution >= 4 is 23.4 Å². The van der Waals surface area contributed by atoms with Gasteiger partial charge in [0.15, 0.2) is 17.2 Å². The molecule has 1 aliphatic rings. The van der Waals surface area contributed by atoms with Crippen molar-refractivity contribution < 1.29 is 23.9 Å². The lowest BCUT2D eigenvalue weighted by atomic mass is 10.1. The molecule has 0 aromatic heterocycles. The molecule has 3 aromatic rings. The first-order valence-electron chi connectivity index (χ1n) is 9.40. The van der Waals surface area contributed by atoms with Gasteiger partial charge >= 0.3 is 0 Å². The topological polar surface area (TPSA) is 99.9 Å². The molecule has 0 aliphatic carbocycles. The molecule has 0 fully saturated rings. The van der Waals surface area contributed by atoms with Gasteiger partial charge in [-0.3, -0.25) is 14.9 Å². The fourth-order valence-electron chi connectivity index (χ4n) is 2.97. The van der Waals surface area contributed by atoms with Crippen LogP contribution in [0.3, 0.4) is 0 Å². The Kier molecular flexibility index (Phi) is 5.53. The molecule has 1 N–H and O–H groups in total. The number of anilines is 1. The smallest absolute Gasteiger partial charge is 0.280 e. The van der Waals surface area contributed by atoms with E-state index < -0.39 is 10.8 Å². The lowest BCUT2D eigenvalue weighted by Gasteiger charge is -2.11. The Morgan fingerprint density at radius 1 is 1.10 bits per heavy atom. The van der Waals surface area contributed by atoms with E-state index in [1.165, 1.54) is 24.3 Å². The van der Waals surface area contributed by atoms with Crippen LogP contribution in [-0.4, -0.2) is 17.6 Å². The fraction of sp³-hybridized carbons (Fsp3) is 0.0870. The molecule has 1 heterocycles.